The third-order valence-electron chi connectivity index (χ3n) is 4.75. The third-order valence-corrected chi connectivity index (χ3v) is 5.25. The van der Waals surface area contributed by atoms with Crippen molar-refractivity contribution in [2.24, 2.45) is 17.6 Å². The second-order valence-corrected chi connectivity index (χ2v) is 7.07. The quantitative estimate of drug-likeness (QED) is 0.849. The maximum atomic E-state index is 12.2. The van der Waals surface area contributed by atoms with Gasteiger partial charge in [-0.1, -0.05) is 22.0 Å². The van der Waals surface area contributed by atoms with Gasteiger partial charge in [0.15, 0.2) is 0 Å². The van der Waals surface area contributed by atoms with Crippen LogP contribution in [0.4, 0.5) is 0 Å². The van der Waals surface area contributed by atoms with Crippen LogP contribution in [0.1, 0.15) is 23.2 Å². The average molecular weight is 366 g/mol. The number of rotatable bonds is 3. The van der Waals surface area contributed by atoms with E-state index in [0.29, 0.717) is 17.4 Å². The Bertz CT molecular complexity index is 593. The van der Waals surface area contributed by atoms with Gasteiger partial charge in [-0.15, -0.1) is 0 Å². The van der Waals surface area contributed by atoms with Crippen LogP contribution in [0.2, 0.25) is 0 Å². The largest absolute Gasteiger partial charge is 0.343 e. The summed E-state index contributed by atoms with van der Waals surface area (Å²) < 4.78 is 0.841. The van der Waals surface area contributed by atoms with Gasteiger partial charge >= 0.3 is 0 Å². The molecule has 3 rings (SSSR count). The zero-order chi connectivity index (χ0) is 15.7. The number of carbonyl (C=O) groups excluding carboxylic acids is 2. The molecule has 0 aromatic heterocycles. The Kier molecular flexibility index (Phi) is 4.49. The second-order valence-electron chi connectivity index (χ2n) is 6.16. The van der Waals surface area contributed by atoms with Crippen molar-refractivity contribution < 1.29 is 9.59 Å². The molecule has 1 aliphatic heterocycles. The number of nitrogens with two attached hydrogens (primary N) is 1. The lowest BCUT2D eigenvalue weighted by Crippen LogP contribution is -2.40. The molecule has 2 aliphatic rings. The number of amides is 2. The lowest BCUT2D eigenvalue weighted by molar-refractivity contribution is -0.129. The van der Waals surface area contributed by atoms with Gasteiger partial charge in [-0.05, 0) is 42.9 Å². The van der Waals surface area contributed by atoms with Crippen molar-refractivity contribution in [2.75, 3.05) is 19.6 Å². The van der Waals surface area contributed by atoms with E-state index in [4.69, 9.17) is 5.73 Å². The molecule has 0 radical (unpaired) electrons. The highest BCUT2D eigenvalue weighted by Crippen LogP contribution is 2.36. The van der Waals surface area contributed by atoms with Crippen molar-refractivity contribution >= 4 is 27.7 Å². The van der Waals surface area contributed by atoms with E-state index in [0.717, 1.165) is 30.4 Å². The van der Waals surface area contributed by atoms with E-state index in [2.05, 4.69) is 21.2 Å². The smallest absolute Gasteiger partial charge is 0.251 e. The number of likely N-dealkylation sites (tertiary alicyclic amines) is 1. The number of nitrogens with one attached hydrogen (secondary N) is 1. The minimum absolute atomic E-state index is 0.0232. The van der Waals surface area contributed by atoms with Crippen LogP contribution in [0.5, 0.6) is 0 Å². The molecule has 6 heteroatoms. The summed E-state index contributed by atoms with van der Waals surface area (Å²) in [7, 11) is 0. The first-order valence-corrected chi connectivity index (χ1v) is 8.41. The first-order valence-electron chi connectivity index (χ1n) is 7.61. The number of hydrogen-bond donors (Lipinski definition) is 2. The van der Waals surface area contributed by atoms with E-state index in [9.17, 15) is 9.59 Å². The minimum Gasteiger partial charge on any atom is -0.343 e. The van der Waals surface area contributed by atoms with Crippen LogP contribution in [-0.4, -0.2) is 42.4 Å². The predicted molar refractivity (Wildman–Crippen MR) is 87.2 cm³/mol. The van der Waals surface area contributed by atoms with Crippen LogP contribution in [0.25, 0.3) is 0 Å². The standard InChI is InChI=1S/C16H20BrN3O2/c17-12-3-1-2-10(6-12)16(22)19-7-15(21)20-8-11-4-5-14(18)13(11)9-20/h1-3,6,11,13-14H,4-5,7-9,18H2,(H,19,22). The summed E-state index contributed by atoms with van der Waals surface area (Å²) in [6.45, 7) is 1.56. The molecule has 2 amide bonds. The highest BCUT2D eigenvalue weighted by atomic mass is 79.9. The van der Waals surface area contributed by atoms with Gasteiger partial charge in [0.05, 0.1) is 6.54 Å². The van der Waals surface area contributed by atoms with Crippen LogP contribution < -0.4 is 11.1 Å². The number of carbonyl (C=O) groups is 2. The highest BCUT2D eigenvalue weighted by Gasteiger charge is 2.42. The molecule has 0 spiro atoms. The van der Waals surface area contributed by atoms with Gasteiger partial charge in [0.1, 0.15) is 0 Å². The van der Waals surface area contributed by atoms with Crippen LogP contribution in [0, 0.1) is 11.8 Å². The van der Waals surface area contributed by atoms with Crippen LogP contribution in [-0.2, 0) is 4.79 Å². The zero-order valence-corrected chi connectivity index (χ0v) is 13.9. The van der Waals surface area contributed by atoms with E-state index in [1.54, 1.807) is 18.2 Å². The summed E-state index contributed by atoms with van der Waals surface area (Å²) in [5.74, 6) is 0.722. The van der Waals surface area contributed by atoms with Gasteiger partial charge in [-0.3, -0.25) is 9.59 Å². The Morgan fingerprint density at radius 1 is 1.32 bits per heavy atom. The van der Waals surface area contributed by atoms with Crippen molar-refractivity contribution in [2.45, 2.75) is 18.9 Å². The molecule has 3 atom stereocenters. The molecule has 1 saturated carbocycles. The fourth-order valence-corrected chi connectivity index (χ4v) is 3.91. The Morgan fingerprint density at radius 2 is 2.14 bits per heavy atom. The summed E-state index contributed by atoms with van der Waals surface area (Å²) in [6, 6.07) is 7.33. The van der Waals surface area contributed by atoms with E-state index in [1.165, 1.54) is 0 Å². The molecule has 22 heavy (non-hydrogen) atoms. The lowest BCUT2D eigenvalue weighted by Gasteiger charge is -2.19. The molecule has 3 unspecified atom stereocenters. The van der Waals surface area contributed by atoms with Crippen molar-refractivity contribution in [3.63, 3.8) is 0 Å². The van der Waals surface area contributed by atoms with Gasteiger partial charge in [0.2, 0.25) is 5.91 Å². The summed E-state index contributed by atoms with van der Waals surface area (Å²) in [6.07, 6.45) is 2.18. The number of nitrogens with zero attached hydrogens (tertiary/aromatic N) is 1. The topological polar surface area (TPSA) is 75.4 Å². The van der Waals surface area contributed by atoms with Crippen molar-refractivity contribution in [1.29, 1.82) is 0 Å². The molecule has 0 bridgehead atoms. The van der Waals surface area contributed by atoms with Gasteiger partial charge in [0.25, 0.3) is 5.91 Å². The van der Waals surface area contributed by atoms with Gasteiger partial charge < -0.3 is 16.0 Å². The Balaban J connectivity index is 1.52. The van der Waals surface area contributed by atoms with E-state index < -0.39 is 0 Å². The molecule has 1 heterocycles. The second kappa shape index (κ2) is 6.38. The number of halogens is 1. The fraction of sp³-hybridized carbons (Fsp3) is 0.500. The lowest BCUT2D eigenvalue weighted by atomic mass is 9.98. The molecule has 118 valence electrons. The maximum absolute atomic E-state index is 12.2. The highest BCUT2D eigenvalue weighted by molar-refractivity contribution is 9.10. The normalized spacial score (nSPS) is 26.8. The first kappa shape index (κ1) is 15.5. The molecule has 1 aromatic rings. The molecule has 5 nitrogen and oxygen atoms in total. The Morgan fingerprint density at radius 3 is 2.86 bits per heavy atom. The molecule has 1 saturated heterocycles. The van der Waals surface area contributed by atoms with E-state index in [1.807, 2.05) is 11.0 Å². The Labute approximate surface area is 138 Å². The summed E-state index contributed by atoms with van der Waals surface area (Å²) in [5.41, 5.74) is 6.63. The molecule has 1 aromatic carbocycles. The molecule has 2 fully saturated rings. The van der Waals surface area contributed by atoms with Crippen LogP contribution in [0.15, 0.2) is 28.7 Å². The summed E-state index contributed by atoms with van der Waals surface area (Å²) in [5, 5.41) is 2.70. The van der Waals surface area contributed by atoms with Crippen LogP contribution in [0.3, 0.4) is 0 Å². The molecular formula is C16H20BrN3O2. The maximum Gasteiger partial charge on any atom is 0.251 e. The zero-order valence-electron chi connectivity index (χ0n) is 12.3. The minimum atomic E-state index is -0.231. The van der Waals surface area contributed by atoms with Crippen molar-refractivity contribution in [3.05, 3.63) is 34.3 Å². The number of hydrogen-bond acceptors (Lipinski definition) is 3. The predicted octanol–water partition coefficient (Wildman–Crippen LogP) is 1.37. The summed E-state index contributed by atoms with van der Waals surface area (Å²) >= 11 is 3.33. The summed E-state index contributed by atoms with van der Waals surface area (Å²) in [4.78, 5) is 26.1. The molecular weight excluding hydrogens is 346 g/mol. The van der Waals surface area contributed by atoms with Crippen molar-refractivity contribution in [3.8, 4) is 0 Å². The number of fused-ring (bicyclic) bond motifs is 1. The van der Waals surface area contributed by atoms with Crippen molar-refractivity contribution in [1.82, 2.24) is 10.2 Å². The Hall–Kier alpha value is -1.40. The number of benzene rings is 1. The first-order chi connectivity index (χ1) is 10.5. The monoisotopic (exact) mass is 365 g/mol. The van der Waals surface area contributed by atoms with E-state index >= 15 is 0 Å². The molecule has 3 N–H and O–H groups in total. The van der Waals surface area contributed by atoms with Crippen LogP contribution >= 0.6 is 15.9 Å². The van der Waals surface area contributed by atoms with E-state index in [-0.39, 0.29) is 24.4 Å². The SMILES string of the molecule is NC1CCC2CN(C(=O)CNC(=O)c3cccc(Br)c3)CC12. The van der Waals surface area contributed by atoms with Gasteiger partial charge in [0, 0.05) is 29.2 Å². The fourth-order valence-electron chi connectivity index (χ4n) is 3.51. The average Bonchev–Trinajstić information content (AvgIpc) is 3.07. The van der Waals surface area contributed by atoms with Gasteiger partial charge in [-0.25, -0.2) is 0 Å². The molecule has 1 aliphatic carbocycles. The van der Waals surface area contributed by atoms with Gasteiger partial charge in [-0.2, -0.15) is 0 Å². The third kappa shape index (κ3) is 3.17.